The summed E-state index contributed by atoms with van der Waals surface area (Å²) in [6.07, 6.45) is 4.53. The fourth-order valence-corrected chi connectivity index (χ4v) is 4.18. The van der Waals surface area contributed by atoms with Crippen LogP contribution in [-0.4, -0.2) is 33.6 Å². The van der Waals surface area contributed by atoms with Crippen LogP contribution < -0.4 is 10.1 Å². The lowest BCUT2D eigenvalue weighted by Gasteiger charge is -2.26. The lowest BCUT2D eigenvalue weighted by atomic mass is 10.1. The molecule has 0 saturated heterocycles. The van der Waals surface area contributed by atoms with Crippen LogP contribution in [0.3, 0.4) is 0 Å². The highest BCUT2D eigenvalue weighted by molar-refractivity contribution is 7.80. The molecule has 0 unspecified atom stereocenters. The molecule has 0 bridgehead atoms. The number of aromatic nitrogens is 2. The molecule has 2 aromatic carbocycles. The molecule has 0 aliphatic carbocycles. The van der Waals surface area contributed by atoms with Crippen molar-refractivity contribution in [1.29, 1.82) is 0 Å². The summed E-state index contributed by atoms with van der Waals surface area (Å²) in [4.78, 5) is 9.87. The van der Waals surface area contributed by atoms with Gasteiger partial charge in [-0.2, -0.15) is 0 Å². The van der Waals surface area contributed by atoms with Crippen molar-refractivity contribution < 1.29 is 4.74 Å². The van der Waals surface area contributed by atoms with Gasteiger partial charge in [-0.05, 0) is 92.1 Å². The standard InChI is InChI=1S/C26H28N4OS/c1-18-4-9-25-24(16-18)23(19(2)28-25)12-15-30(17-20-10-13-27-14-11-20)26(32)29-21-5-7-22(31-3)8-6-21/h4-11,13-14,16,28H,12,15,17H2,1-3H3,(H,29,32). The Kier molecular flexibility index (Phi) is 6.71. The number of nitrogens with one attached hydrogen (secondary N) is 2. The van der Waals surface area contributed by atoms with Crippen molar-refractivity contribution in [2.24, 2.45) is 0 Å². The third kappa shape index (κ3) is 5.08. The van der Waals surface area contributed by atoms with Crippen LogP contribution in [0.2, 0.25) is 0 Å². The van der Waals surface area contributed by atoms with E-state index in [0.717, 1.165) is 24.4 Å². The number of H-pyrrole nitrogens is 1. The first-order chi connectivity index (χ1) is 15.5. The minimum absolute atomic E-state index is 0.695. The highest BCUT2D eigenvalue weighted by Gasteiger charge is 2.15. The van der Waals surface area contributed by atoms with Crippen LogP contribution in [0, 0.1) is 13.8 Å². The van der Waals surface area contributed by atoms with Crippen LogP contribution in [0.5, 0.6) is 5.75 Å². The van der Waals surface area contributed by atoms with Gasteiger partial charge in [-0.3, -0.25) is 4.98 Å². The molecule has 6 heteroatoms. The number of anilines is 1. The van der Waals surface area contributed by atoms with Crippen molar-refractivity contribution in [2.75, 3.05) is 19.0 Å². The zero-order chi connectivity index (χ0) is 22.5. The van der Waals surface area contributed by atoms with E-state index in [9.17, 15) is 0 Å². The van der Waals surface area contributed by atoms with E-state index in [-0.39, 0.29) is 0 Å². The van der Waals surface area contributed by atoms with Crippen LogP contribution in [-0.2, 0) is 13.0 Å². The van der Waals surface area contributed by atoms with E-state index in [1.807, 2.05) is 48.8 Å². The lowest BCUT2D eigenvalue weighted by molar-refractivity contribution is 0.415. The molecule has 5 nitrogen and oxygen atoms in total. The van der Waals surface area contributed by atoms with Crippen molar-refractivity contribution in [3.8, 4) is 5.75 Å². The molecule has 0 spiro atoms. The van der Waals surface area contributed by atoms with Crippen LogP contribution in [0.1, 0.15) is 22.4 Å². The molecule has 32 heavy (non-hydrogen) atoms. The summed E-state index contributed by atoms with van der Waals surface area (Å²) in [6, 6.07) is 18.4. The summed E-state index contributed by atoms with van der Waals surface area (Å²) in [7, 11) is 1.66. The van der Waals surface area contributed by atoms with E-state index in [2.05, 4.69) is 52.2 Å². The van der Waals surface area contributed by atoms with Crippen molar-refractivity contribution >= 4 is 33.9 Å². The summed E-state index contributed by atoms with van der Waals surface area (Å²) < 4.78 is 5.26. The Balaban J connectivity index is 1.54. The van der Waals surface area contributed by atoms with Gasteiger partial charge in [0.2, 0.25) is 0 Å². The molecular formula is C26H28N4OS. The van der Waals surface area contributed by atoms with Gasteiger partial charge in [-0.1, -0.05) is 11.6 Å². The number of aromatic amines is 1. The summed E-state index contributed by atoms with van der Waals surface area (Å²) in [5, 5.41) is 5.37. The molecule has 0 fully saturated rings. The number of thiocarbonyl (C=S) groups is 1. The maximum Gasteiger partial charge on any atom is 0.173 e. The Morgan fingerprint density at radius 2 is 1.81 bits per heavy atom. The van der Waals surface area contributed by atoms with Crippen LogP contribution in [0.15, 0.2) is 67.0 Å². The predicted octanol–water partition coefficient (Wildman–Crippen LogP) is 5.63. The highest BCUT2D eigenvalue weighted by atomic mass is 32.1. The number of rotatable bonds is 7. The van der Waals surface area contributed by atoms with Gasteiger partial charge >= 0.3 is 0 Å². The van der Waals surface area contributed by atoms with Crippen molar-refractivity contribution in [1.82, 2.24) is 14.9 Å². The Morgan fingerprint density at radius 3 is 2.53 bits per heavy atom. The Hall–Kier alpha value is -3.38. The largest absolute Gasteiger partial charge is 0.497 e. The van der Waals surface area contributed by atoms with Crippen molar-refractivity contribution in [3.05, 3.63) is 89.4 Å². The Bertz CT molecular complexity index is 1200. The van der Waals surface area contributed by atoms with Crippen molar-refractivity contribution in [3.63, 3.8) is 0 Å². The average Bonchev–Trinajstić information content (AvgIpc) is 3.12. The average molecular weight is 445 g/mol. The number of benzene rings is 2. The van der Waals surface area contributed by atoms with Crippen LogP contribution >= 0.6 is 12.2 Å². The summed E-state index contributed by atoms with van der Waals surface area (Å²) in [5.41, 5.74) is 7.12. The normalized spacial score (nSPS) is 10.8. The topological polar surface area (TPSA) is 53.2 Å². The first-order valence-electron chi connectivity index (χ1n) is 10.7. The molecule has 2 aromatic heterocycles. The molecule has 0 atom stereocenters. The van der Waals surface area contributed by atoms with Gasteiger partial charge in [0.1, 0.15) is 5.75 Å². The molecule has 0 saturated carbocycles. The molecule has 0 amide bonds. The van der Waals surface area contributed by atoms with Gasteiger partial charge in [0.15, 0.2) is 5.11 Å². The number of hydrogen-bond donors (Lipinski definition) is 2. The maximum absolute atomic E-state index is 5.82. The smallest absolute Gasteiger partial charge is 0.173 e. The first kappa shape index (κ1) is 21.8. The van der Waals surface area contributed by atoms with E-state index in [4.69, 9.17) is 17.0 Å². The molecule has 2 N–H and O–H groups in total. The monoisotopic (exact) mass is 444 g/mol. The molecule has 0 aliphatic heterocycles. The zero-order valence-electron chi connectivity index (χ0n) is 18.7. The molecule has 0 aliphatic rings. The fourth-order valence-electron chi connectivity index (χ4n) is 3.90. The van der Waals surface area contributed by atoms with E-state index >= 15 is 0 Å². The summed E-state index contributed by atoms with van der Waals surface area (Å²) in [6.45, 7) is 5.79. The predicted molar refractivity (Wildman–Crippen MR) is 135 cm³/mol. The van der Waals surface area contributed by atoms with Gasteiger partial charge in [0.25, 0.3) is 0 Å². The minimum atomic E-state index is 0.695. The third-order valence-electron chi connectivity index (χ3n) is 5.66. The minimum Gasteiger partial charge on any atom is -0.497 e. The quantitative estimate of drug-likeness (QED) is 0.362. The van der Waals surface area contributed by atoms with E-state index in [1.54, 1.807) is 7.11 Å². The highest BCUT2D eigenvalue weighted by Crippen LogP contribution is 2.24. The molecular weight excluding hydrogens is 416 g/mol. The fraction of sp³-hybridized carbons (Fsp3) is 0.231. The Morgan fingerprint density at radius 1 is 1.06 bits per heavy atom. The number of hydrogen-bond acceptors (Lipinski definition) is 3. The molecule has 2 heterocycles. The van der Waals surface area contributed by atoms with E-state index in [0.29, 0.717) is 11.7 Å². The second-order valence-corrected chi connectivity index (χ2v) is 8.35. The lowest BCUT2D eigenvalue weighted by Crippen LogP contribution is -2.36. The van der Waals surface area contributed by atoms with E-state index in [1.165, 1.54) is 33.3 Å². The second-order valence-electron chi connectivity index (χ2n) is 7.96. The number of ether oxygens (including phenoxy) is 1. The third-order valence-corrected chi connectivity index (χ3v) is 6.02. The number of aryl methyl sites for hydroxylation is 2. The van der Waals surface area contributed by atoms with E-state index < -0.39 is 0 Å². The van der Waals surface area contributed by atoms with Gasteiger partial charge in [-0.15, -0.1) is 0 Å². The number of nitrogens with zero attached hydrogens (tertiary/aromatic N) is 2. The summed E-state index contributed by atoms with van der Waals surface area (Å²) >= 11 is 5.82. The number of pyridine rings is 1. The zero-order valence-corrected chi connectivity index (χ0v) is 19.5. The molecule has 0 radical (unpaired) electrons. The van der Waals surface area contributed by atoms with Crippen LogP contribution in [0.25, 0.3) is 10.9 Å². The molecule has 164 valence electrons. The van der Waals surface area contributed by atoms with Gasteiger partial charge in [-0.25, -0.2) is 0 Å². The number of methoxy groups -OCH3 is 1. The number of fused-ring (bicyclic) bond motifs is 1. The first-order valence-corrected chi connectivity index (χ1v) is 11.1. The molecule has 4 rings (SSSR count). The van der Waals surface area contributed by atoms with Gasteiger partial charge in [0.05, 0.1) is 7.11 Å². The maximum atomic E-state index is 5.82. The Labute approximate surface area is 194 Å². The molecule has 4 aromatic rings. The van der Waals surface area contributed by atoms with Crippen molar-refractivity contribution in [2.45, 2.75) is 26.8 Å². The SMILES string of the molecule is COc1ccc(NC(=S)N(CCc2c(C)[nH]c3ccc(C)cc23)Cc2ccncc2)cc1. The second kappa shape index (κ2) is 9.83. The van der Waals surface area contributed by atoms with Crippen LogP contribution in [0.4, 0.5) is 5.69 Å². The van der Waals surface area contributed by atoms with Gasteiger partial charge < -0.3 is 19.9 Å². The van der Waals surface area contributed by atoms with Gasteiger partial charge in [0, 0.05) is 47.8 Å². The summed E-state index contributed by atoms with van der Waals surface area (Å²) in [5.74, 6) is 0.820.